The van der Waals surface area contributed by atoms with E-state index in [-0.39, 0.29) is 24.2 Å². The highest BCUT2D eigenvalue weighted by molar-refractivity contribution is 9.10. The average molecular weight is 469 g/mol. The van der Waals surface area contributed by atoms with Gasteiger partial charge < -0.3 is 15.0 Å². The maximum atomic E-state index is 13.6. The van der Waals surface area contributed by atoms with Crippen molar-refractivity contribution in [3.8, 4) is 5.75 Å². The zero-order valence-electron chi connectivity index (χ0n) is 16.1. The van der Waals surface area contributed by atoms with Crippen LogP contribution in [0.4, 0.5) is 10.1 Å². The Balaban J connectivity index is 1.88. The minimum atomic E-state index is -0.587. The zero-order valence-corrected chi connectivity index (χ0v) is 17.6. The van der Waals surface area contributed by atoms with Crippen molar-refractivity contribution in [1.29, 1.82) is 0 Å². The fourth-order valence-electron chi connectivity index (χ4n) is 3.59. The van der Waals surface area contributed by atoms with E-state index in [9.17, 15) is 14.0 Å². The van der Waals surface area contributed by atoms with Crippen LogP contribution in [0.25, 0.3) is 0 Å². The van der Waals surface area contributed by atoms with Crippen molar-refractivity contribution < 1.29 is 18.7 Å². The highest BCUT2D eigenvalue weighted by Gasteiger charge is 2.34. The molecule has 0 unspecified atom stereocenters. The van der Waals surface area contributed by atoms with Crippen LogP contribution in [0, 0.1) is 5.82 Å². The number of halogens is 2. The van der Waals surface area contributed by atoms with Gasteiger partial charge in [0.1, 0.15) is 18.1 Å². The molecule has 2 amide bonds. The summed E-state index contributed by atoms with van der Waals surface area (Å²) in [5, 5.41) is 2.87. The smallest absolute Gasteiger partial charge is 0.255 e. The molecule has 1 aliphatic rings. The van der Waals surface area contributed by atoms with E-state index >= 15 is 0 Å². The Morgan fingerprint density at radius 3 is 2.63 bits per heavy atom. The van der Waals surface area contributed by atoms with Crippen LogP contribution in [-0.2, 0) is 4.79 Å². The fraction of sp³-hybridized carbons (Fsp3) is 0.130. The zero-order chi connectivity index (χ0) is 21.3. The third kappa shape index (κ3) is 3.93. The molecule has 1 heterocycles. The number of anilines is 1. The summed E-state index contributed by atoms with van der Waals surface area (Å²) < 4.78 is 19.6. The number of carbonyl (C=O) groups excluding carboxylic acids is 2. The number of amides is 2. The number of hydrogen-bond donors (Lipinski definition) is 1. The molecule has 4 rings (SSSR count). The van der Waals surface area contributed by atoms with Crippen molar-refractivity contribution in [3.05, 3.63) is 93.7 Å². The topological polar surface area (TPSA) is 58.6 Å². The van der Waals surface area contributed by atoms with Crippen LogP contribution in [0.15, 0.2) is 71.2 Å². The van der Waals surface area contributed by atoms with Gasteiger partial charge >= 0.3 is 0 Å². The standard InChI is InChI=1S/C23H18BrFN2O3/c1-30-18-4-2-3-15(11-18)23(29)27-13-21(28)26-20-10-7-16(24)12-19(20)22(27)14-5-8-17(25)9-6-14/h2-12,22H,13H2,1H3,(H,26,28)/t22-/m0/s1. The van der Waals surface area contributed by atoms with E-state index in [2.05, 4.69) is 21.2 Å². The number of carbonyl (C=O) groups is 2. The Morgan fingerprint density at radius 1 is 1.13 bits per heavy atom. The van der Waals surface area contributed by atoms with E-state index in [1.54, 1.807) is 42.5 Å². The molecule has 30 heavy (non-hydrogen) atoms. The summed E-state index contributed by atoms with van der Waals surface area (Å²) in [5.41, 5.74) is 2.44. The number of nitrogens with zero attached hydrogens (tertiary/aromatic N) is 1. The van der Waals surface area contributed by atoms with E-state index in [4.69, 9.17) is 4.74 Å². The van der Waals surface area contributed by atoms with Crippen LogP contribution in [0.2, 0.25) is 0 Å². The number of ether oxygens (including phenoxy) is 1. The van der Waals surface area contributed by atoms with Gasteiger partial charge in [-0.1, -0.05) is 34.1 Å². The van der Waals surface area contributed by atoms with E-state index in [0.717, 1.165) is 10.0 Å². The van der Waals surface area contributed by atoms with Gasteiger partial charge in [0.2, 0.25) is 5.91 Å². The Morgan fingerprint density at radius 2 is 1.90 bits per heavy atom. The van der Waals surface area contributed by atoms with Gasteiger partial charge in [0, 0.05) is 21.3 Å². The molecular formula is C23H18BrFN2O3. The second-order valence-electron chi connectivity index (χ2n) is 6.90. The van der Waals surface area contributed by atoms with Gasteiger partial charge in [0.05, 0.1) is 13.2 Å². The first-order valence-corrected chi connectivity index (χ1v) is 10.1. The minimum absolute atomic E-state index is 0.148. The number of fused-ring (bicyclic) bond motifs is 1. The molecule has 0 aliphatic carbocycles. The number of rotatable bonds is 3. The van der Waals surface area contributed by atoms with Gasteiger partial charge in [-0.3, -0.25) is 9.59 Å². The average Bonchev–Trinajstić information content (AvgIpc) is 2.89. The largest absolute Gasteiger partial charge is 0.497 e. The van der Waals surface area contributed by atoms with Crippen molar-refractivity contribution in [1.82, 2.24) is 4.90 Å². The first-order chi connectivity index (χ1) is 14.5. The molecule has 0 aromatic heterocycles. The molecule has 0 radical (unpaired) electrons. The molecule has 0 saturated heterocycles. The molecule has 1 atom stereocenters. The van der Waals surface area contributed by atoms with Gasteiger partial charge in [-0.15, -0.1) is 0 Å². The molecule has 3 aromatic carbocycles. The quantitative estimate of drug-likeness (QED) is 0.601. The van der Waals surface area contributed by atoms with Gasteiger partial charge in [0.15, 0.2) is 0 Å². The Bertz CT molecular complexity index is 1120. The maximum absolute atomic E-state index is 13.6. The van der Waals surface area contributed by atoms with E-state index in [1.165, 1.54) is 24.1 Å². The van der Waals surface area contributed by atoms with Gasteiger partial charge in [0.25, 0.3) is 5.91 Å². The molecule has 7 heteroatoms. The lowest BCUT2D eigenvalue weighted by molar-refractivity contribution is -0.117. The molecular weight excluding hydrogens is 451 g/mol. The number of hydrogen-bond acceptors (Lipinski definition) is 3. The van der Waals surface area contributed by atoms with Crippen molar-refractivity contribution in [2.75, 3.05) is 19.0 Å². The van der Waals surface area contributed by atoms with Crippen LogP contribution < -0.4 is 10.1 Å². The summed E-state index contributed by atoms with van der Waals surface area (Å²) in [6.45, 7) is -0.148. The molecule has 1 N–H and O–H groups in total. The molecule has 3 aromatic rings. The highest BCUT2D eigenvalue weighted by atomic mass is 79.9. The van der Waals surface area contributed by atoms with Gasteiger partial charge in [-0.05, 0) is 54.1 Å². The number of nitrogens with one attached hydrogen (secondary N) is 1. The molecule has 0 bridgehead atoms. The molecule has 152 valence electrons. The van der Waals surface area contributed by atoms with Crippen LogP contribution in [0.5, 0.6) is 5.75 Å². The second kappa shape index (κ2) is 8.28. The summed E-state index contributed by atoms with van der Waals surface area (Å²) in [4.78, 5) is 27.6. The summed E-state index contributed by atoms with van der Waals surface area (Å²) in [7, 11) is 1.53. The lowest BCUT2D eigenvalue weighted by Crippen LogP contribution is -2.39. The summed E-state index contributed by atoms with van der Waals surface area (Å²) >= 11 is 3.47. The maximum Gasteiger partial charge on any atom is 0.255 e. The highest BCUT2D eigenvalue weighted by Crippen LogP contribution is 2.38. The predicted octanol–water partition coefficient (Wildman–Crippen LogP) is 4.78. The monoisotopic (exact) mass is 468 g/mol. The number of methoxy groups -OCH3 is 1. The van der Waals surface area contributed by atoms with Gasteiger partial charge in [-0.25, -0.2) is 4.39 Å². The van der Waals surface area contributed by atoms with Crippen molar-refractivity contribution in [3.63, 3.8) is 0 Å². The number of benzene rings is 3. The van der Waals surface area contributed by atoms with Crippen LogP contribution in [0.3, 0.4) is 0 Å². The first-order valence-electron chi connectivity index (χ1n) is 9.26. The molecule has 0 saturated carbocycles. The lowest BCUT2D eigenvalue weighted by atomic mass is 9.95. The Kier molecular flexibility index (Phi) is 5.55. The first kappa shape index (κ1) is 20.1. The molecule has 1 aliphatic heterocycles. The molecule has 0 spiro atoms. The van der Waals surface area contributed by atoms with Crippen molar-refractivity contribution in [2.45, 2.75) is 6.04 Å². The third-order valence-electron chi connectivity index (χ3n) is 4.97. The van der Waals surface area contributed by atoms with Crippen LogP contribution in [-0.4, -0.2) is 30.4 Å². The SMILES string of the molecule is COc1cccc(C(=O)N2CC(=O)Nc3ccc(Br)cc3[C@@H]2c2ccc(F)cc2)c1. The summed E-state index contributed by atoms with van der Waals surface area (Å²) in [5.74, 6) is -0.464. The van der Waals surface area contributed by atoms with Crippen molar-refractivity contribution in [2.24, 2.45) is 0 Å². The fourth-order valence-corrected chi connectivity index (χ4v) is 3.97. The van der Waals surface area contributed by atoms with Crippen LogP contribution in [0.1, 0.15) is 27.5 Å². The summed E-state index contributed by atoms with van der Waals surface area (Å²) in [6, 6.07) is 17.6. The predicted molar refractivity (Wildman–Crippen MR) is 115 cm³/mol. The third-order valence-corrected chi connectivity index (χ3v) is 5.46. The Hall–Kier alpha value is -3.19. The minimum Gasteiger partial charge on any atom is -0.497 e. The normalized spacial score (nSPS) is 15.8. The van der Waals surface area contributed by atoms with Crippen molar-refractivity contribution >= 4 is 33.4 Å². The van der Waals surface area contributed by atoms with E-state index in [1.807, 2.05) is 12.1 Å². The molecule has 0 fully saturated rings. The Labute approximate surface area is 181 Å². The van der Waals surface area contributed by atoms with E-state index in [0.29, 0.717) is 22.6 Å². The lowest BCUT2D eigenvalue weighted by Gasteiger charge is -2.31. The summed E-state index contributed by atoms with van der Waals surface area (Å²) in [6.07, 6.45) is 0. The van der Waals surface area contributed by atoms with Crippen LogP contribution >= 0.6 is 15.9 Å². The van der Waals surface area contributed by atoms with E-state index < -0.39 is 6.04 Å². The van der Waals surface area contributed by atoms with Gasteiger partial charge in [-0.2, -0.15) is 0 Å². The second-order valence-corrected chi connectivity index (χ2v) is 7.81. The molecule has 5 nitrogen and oxygen atoms in total.